The molecule has 0 atom stereocenters. The fourth-order valence-electron chi connectivity index (χ4n) is 2.49. The van der Waals surface area contributed by atoms with E-state index in [9.17, 15) is 0 Å². The fraction of sp³-hybridized carbons (Fsp3) is 0.500. The minimum Gasteiger partial charge on any atom is -0.356 e. The van der Waals surface area contributed by atoms with E-state index in [0.717, 1.165) is 37.0 Å². The maximum absolute atomic E-state index is 6.30. The van der Waals surface area contributed by atoms with Gasteiger partial charge in [-0.3, -0.25) is 4.99 Å². The van der Waals surface area contributed by atoms with Crippen molar-refractivity contribution in [1.82, 2.24) is 10.6 Å². The van der Waals surface area contributed by atoms with Gasteiger partial charge in [0.1, 0.15) is 0 Å². The molecule has 96 valence electrons. The zero-order valence-corrected chi connectivity index (χ0v) is 11.1. The van der Waals surface area contributed by atoms with E-state index in [2.05, 4.69) is 27.8 Å². The molecule has 1 aliphatic carbocycles. The minimum atomic E-state index is 0.222. The molecule has 0 unspecified atom stereocenters. The van der Waals surface area contributed by atoms with Crippen LogP contribution in [-0.4, -0.2) is 25.6 Å². The van der Waals surface area contributed by atoms with Crippen LogP contribution in [0.1, 0.15) is 24.8 Å². The van der Waals surface area contributed by atoms with Crippen molar-refractivity contribution in [3.63, 3.8) is 0 Å². The van der Waals surface area contributed by atoms with Gasteiger partial charge in [0.05, 0.1) is 0 Å². The summed E-state index contributed by atoms with van der Waals surface area (Å²) in [6, 6.07) is 8.18. The fourth-order valence-corrected chi connectivity index (χ4v) is 2.82. The molecule has 4 heteroatoms. The van der Waals surface area contributed by atoms with Gasteiger partial charge in [-0.25, -0.2) is 0 Å². The molecule has 1 aromatic rings. The summed E-state index contributed by atoms with van der Waals surface area (Å²) in [7, 11) is 0. The van der Waals surface area contributed by atoms with Gasteiger partial charge in [0, 0.05) is 30.1 Å². The molecule has 2 aliphatic rings. The highest BCUT2D eigenvalue weighted by molar-refractivity contribution is 6.31. The molecule has 2 N–H and O–H groups in total. The number of hydrogen-bond donors (Lipinski definition) is 2. The maximum atomic E-state index is 6.30. The maximum Gasteiger partial charge on any atom is 0.191 e. The van der Waals surface area contributed by atoms with Gasteiger partial charge in [-0.2, -0.15) is 0 Å². The number of aliphatic imine (C=N–C) groups is 1. The Balaban J connectivity index is 1.69. The first-order chi connectivity index (χ1) is 8.80. The highest BCUT2D eigenvalue weighted by Gasteiger charge is 2.45. The third kappa shape index (κ3) is 2.32. The van der Waals surface area contributed by atoms with E-state index in [0.29, 0.717) is 0 Å². The van der Waals surface area contributed by atoms with Crippen LogP contribution >= 0.6 is 11.6 Å². The van der Waals surface area contributed by atoms with Crippen LogP contribution in [0.15, 0.2) is 29.3 Å². The highest BCUT2D eigenvalue weighted by Crippen LogP contribution is 2.49. The van der Waals surface area contributed by atoms with Crippen molar-refractivity contribution in [3.05, 3.63) is 34.9 Å². The lowest BCUT2D eigenvalue weighted by atomic mass is 9.96. The summed E-state index contributed by atoms with van der Waals surface area (Å²) in [6.07, 6.45) is 3.54. The molecule has 0 bridgehead atoms. The smallest absolute Gasteiger partial charge is 0.191 e. The molecule has 0 aromatic heterocycles. The summed E-state index contributed by atoms with van der Waals surface area (Å²) in [5.74, 6) is 0.944. The van der Waals surface area contributed by atoms with E-state index in [4.69, 9.17) is 11.6 Å². The average Bonchev–Trinajstić information content (AvgIpc) is 3.19. The largest absolute Gasteiger partial charge is 0.356 e. The normalized spacial score (nSPS) is 20.8. The molecule has 1 aliphatic heterocycles. The third-order valence-electron chi connectivity index (χ3n) is 3.79. The van der Waals surface area contributed by atoms with Gasteiger partial charge in [0.15, 0.2) is 5.96 Å². The van der Waals surface area contributed by atoms with Crippen molar-refractivity contribution in [2.24, 2.45) is 4.99 Å². The first kappa shape index (κ1) is 11.8. The molecule has 0 spiro atoms. The first-order valence-electron chi connectivity index (χ1n) is 6.57. The second kappa shape index (κ2) is 4.81. The van der Waals surface area contributed by atoms with Crippen LogP contribution in [0.2, 0.25) is 5.02 Å². The number of guanidine groups is 1. The molecule has 18 heavy (non-hydrogen) atoms. The molecule has 3 rings (SSSR count). The molecule has 0 saturated heterocycles. The summed E-state index contributed by atoms with van der Waals surface area (Å²) < 4.78 is 0. The molecular weight excluding hydrogens is 246 g/mol. The summed E-state index contributed by atoms with van der Waals surface area (Å²) in [4.78, 5) is 4.44. The number of nitrogens with zero attached hydrogens (tertiary/aromatic N) is 1. The van der Waals surface area contributed by atoms with Crippen molar-refractivity contribution >= 4 is 17.6 Å². The SMILES string of the molecule is Clc1ccccc1C1(CNC2=NCCCN2)CC1. The summed E-state index contributed by atoms with van der Waals surface area (Å²) in [5, 5.41) is 7.61. The number of benzene rings is 1. The van der Waals surface area contributed by atoms with Gasteiger partial charge < -0.3 is 10.6 Å². The van der Waals surface area contributed by atoms with Crippen molar-refractivity contribution in [1.29, 1.82) is 0 Å². The van der Waals surface area contributed by atoms with Crippen molar-refractivity contribution in [2.45, 2.75) is 24.7 Å². The van der Waals surface area contributed by atoms with Gasteiger partial charge in [0.25, 0.3) is 0 Å². The second-order valence-electron chi connectivity index (χ2n) is 5.12. The van der Waals surface area contributed by atoms with Crippen LogP contribution in [-0.2, 0) is 5.41 Å². The Hall–Kier alpha value is -1.22. The predicted octanol–water partition coefficient (Wildman–Crippen LogP) is 2.31. The number of rotatable bonds is 3. The van der Waals surface area contributed by atoms with Crippen LogP contribution in [0, 0.1) is 0 Å². The molecule has 1 heterocycles. The van der Waals surface area contributed by atoms with Gasteiger partial charge in [-0.15, -0.1) is 0 Å². The van der Waals surface area contributed by atoms with E-state index in [1.54, 1.807) is 0 Å². The molecule has 1 saturated carbocycles. The van der Waals surface area contributed by atoms with Gasteiger partial charge >= 0.3 is 0 Å². The Kier molecular flexibility index (Phi) is 3.16. The average molecular weight is 264 g/mol. The molecule has 1 fully saturated rings. The Morgan fingerprint density at radius 3 is 2.83 bits per heavy atom. The van der Waals surface area contributed by atoms with E-state index in [-0.39, 0.29) is 5.41 Å². The monoisotopic (exact) mass is 263 g/mol. The van der Waals surface area contributed by atoms with E-state index in [1.807, 2.05) is 12.1 Å². The molecular formula is C14H18ClN3. The molecule has 0 amide bonds. The molecule has 3 nitrogen and oxygen atoms in total. The minimum absolute atomic E-state index is 0.222. The standard InChI is InChI=1S/C14H18ClN3/c15-12-5-2-1-4-11(12)14(6-7-14)10-18-13-16-8-3-9-17-13/h1-2,4-5H,3,6-10H2,(H2,16,17,18). The lowest BCUT2D eigenvalue weighted by Gasteiger charge is -2.21. The van der Waals surface area contributed by atoms with Crippen LogP contribution in [0.25, 0.3) is 0 Å². The van der Waals surface area contributed by atoms with Gasteiger partial charge in [-0.1, -0.05) is 29.8 Å². The summed E-state index contributed by atoms with van der Waals surface area (Å²) in [6.45, 7) is 2.86. The Labute approximate surface area is 113 Å². The lowest BCUT2D eigenvalue weighted by Crippen LogP contribution is -2.43. The van der Waals surface area contributed by atoms with E-state index in [1.165, 1.54) is 18.4 Å². The van der Waals surface area contributed by atoms with Crippen LogP contribution in [0.3, 0.4) is 0 Å². The number of hydrogen-bond acceptors (Lipinski definition) is 3. The topological polar surface area (TPSA) is 36.4 Å². The van der Waals surface area contributed by atoms with Crippen LogP contribution in [0.5, 0.6) is 0 Å². The Morgan fingerprint density at radius 2 is 2.17 bits per heavy atom. The third-order valence-corrected chi connectivity index (χ3v) is 4.12. The van der Waals surface area contributed by atoms with E-state index >= 15 is 0 Å². The number of halogens is 1. The number of nitrogens with one attached hydrogen (secondary N) is 2. The first-order valence-corrected chi connectivity index (χ1v) is 6.95. The Morgan fingerprint density at radius 1 is 1.33 bits per heavy atom. The lowest BCUT2D eigenvalue weighted by molar-refractivity contribution is 0.629. The quantitative estimate of drug-likeness (QED) is 0.878. The van der Waals surface area contributed by atoms with Gasteiger partial charge in [0.2, 0.25) is 0 Å². The summed E-state index contributed by atoms with van der Waals surface area (Å²) >= 11 is 6.30. The highest BCUT2D eigenvalue weighted by atomic mass is 35.5. The van der Waals surface area contributed by atoms with Gasteiger partial charge in [-0.05, 0) is 30.9 Å². The molecule has 1 aromatic carbocycles. The van der Waals surface area contributed by atoms with Crippen molar-refractivity contribution in [3.8, 4) is 0 Å². The zero-order chi connectivity index (χ0) is 12.4. The Bertz CT molecular complexity index is 466. The van der Waals surface area contributed by atoms with Crippen molar-refractivity contribution in [2.75, 3.05) is 19.6 Å². The van der Waals surface area contributed by atoms with E-state index < -0.39 is 0 Å². The molecule has 0 radical (unpaired) electrons. The van der Waals surface area contributed by atoms with Crippen LogP contribution < -0.4 is 10.6 Å². The second-order valence-corrected chi connectivity index (χ2v) is 5.53. The van der Waals surface area contributed by atoms with Crippen molar-refractivity contribution < 1.29 is 0 Å². The summed E-state index contributed by atoms with van der Waals surface area (Å²) in [5.41, 5.74) is 1.50. The zero-order valence-electron chi connectivity index (χ0n) is 10.4. The predicted molar refractivity (Wildman–Crippen MR) is 75.3 cm³/mol. The van der Waals surface area contributed by atoms with Crippen LogP contribution in [0.4, 0.5) is 0 Å².